The number of aromatic carboxylic acids is 1. The predicted molar refractivity (Wildman–Crippen MR) is 82.8 cm³/mol. The molecule has 21 heavy (non-hydrogen) atoms. The van der Waals surface area contributed by atoms with Crippen LogP contribution in [0.5, 0.6) is 0 Å². The molecule has 6 heteroatoms. The molecule has 0 unspecified atom stereocenters. The number of carboxylic acid groups (broad SMARTS) is 1. The number of hydrogen-bond acceptors (Lipinski definition) is 3. The summed E-state index contributed by atoms with van der Waals surface area (Å²) < 4.78 is 0. The number of nitrogens with zero attached hydrogens (tertiary/aromatic N) is 1. The first-order valence-corrected chi connectivity index (χ1v) is 6.73. The maximum Gasteiger partial charge on any atom is 0.337 e. The molecule has 0 aliphatic carbocycles. The lowest BCUT2D eigenvalue weighted by atomic mass is 9.93. The molecule has 0 atom stereocenters. The van der Waals surface area contributed by atoms with Gasteiger partial charge in [-0.15, -0.1) is 0 Å². The summed E-state index contributed by atoms with van der Waals surface area (Å²) in [7, 11) is 3.95. The number of para-hydroxylation sites is 1. The molecule has 0 radical (unpaired) electrons. The predicted octanol–water partition coefficient (Wildman–Crippen LogP) is 2.09. The summed E-state index contributed by atoms with van der Waals surface area (Å²) in [6.45, 7) is 5.43. The number of nitrogens with one attached hydrogen (secondary N) is 2. The number of anilines is 1. The molecule has 116 valence electrons. The molecular formula is C15H23N3O3. The van der Waals surface area contributed by atoms with Crippen LogP contribution in [-0.2, 0) is 0 Å². The van der Waals surface area contributed by atoms with Crippen molar-refractivity contribution < 1.29 is 14.7 Å². The minimum absolute atomic E-state index is 0.0696. The molecule has 1 rings (SSSR count). The zero-order valence-corrected chi connectivity index (χ0v) is 12.9. The Bertz CT molecular complexity index is 513. The van der Waals surface area contributed by atoms with Crippen molar-refractivity contribution in [3.63, 3.8) is 0 Å². The first-order valence-electron chi connectivity index (χ1n) is 6.73. The SMILES string of the molecule is CN(C)CC(C)(C)CNC(=O)Nc1ccccc1C(=O)O. The Kier molecular flexibility index (Phi) is 5.72. The zero-order valence-electron chi connectivity index (χ0n) is 12.9. The van der Waals surface area contributed by atoms with Crippen LogP contribution in [-0.4, -0.2) is 49.2 Å². The van der Waals surface area contributed by atoms with Gasteiger partial charge in [0.05, 0.1) is 11.3 Å². The summed E-state index contributed by atoms with van der Waals surface area (Å²) in [5, 5.41) is 14.4. The summed E-state index contributed by atoms with van der Waals surface area (Å²) >= 11 is 0. The van der Waals surface area contributed by atoms with E-state index < -0.39 is 12.0 Å². The van der Waals surface area contributed by atoms with Gasteiger partial charge in [-0.25, -0.2) is 9.59 Å². The topological polar surface area (TPSA) is 81.7 Å². The Hall–Kier alpha value is -2.08. The van der Waals surface area contributed by atoms with E-state index in [0.717, 1.165) is 6.54 Å². The number of carboxylic acids is 1. The molecule has 1 aromatic carbocycles. The van der Waals surface area contributed by atoms with E-state index in [2.05, 4.69) is 29.4 Å². The maximum atomic E-state index is 11.9. The van der Waals surface area contributed by atoms with Crippen molar-refractivity contribution >= 4 is 17.7 Å². The monoisotopic (exact) mass is 293 g/mol. The molecule has 3 N–H and O–H groups in total. The first-order chi connectivity index (χ1) is 9.71. The number of carbonyl (C=O) groups excluding carboxylic acids is 1. The van der Waals surface area contributed by atoms with Crippen molar-refractivity contribution in [2.24, 2.45) is 5.41 Å². The van der Waals surface area contributed by atoms with Crippen LogP contribution in [0.15, 0.2) is 24.3 Å². The number of amides is 2. The van der Waals surface area contributed by atoms with E-state index in [1.165, 1.54) is 6.07 Å². The van der Waals surface area contributed by atoms with Crippen molar-refractivity contribution in [3.8, 4) is 0 Å². The van der Waals surface area contributed by atoms with Crippen LogP contribution in [0.2, 0.25) is 0 Å². The highest BCUT2D eigenvalue weighted by molar-refractivity contribution is 5.99. The van der Waals surface area contributed by atoms with Crippen molar-refractivity contribution in [1.82, 2.24) is 10.2 Å². The second kappa shape index (κ2) is 7.08. The number of rotatable bonds is 6. The molecule has 0 saturated carbocycles. The zero-order chi connectivity index (χ0) is 16.0. The Morgan fingerprint density at radius 3 is 2.43 bits per heavy atom. The van der Waals surface area contributed by atoms with Gasteiger partial charge in [-0.3, -0.25) is 0 Å². The summed E-state index contributed by atoms with van der Waals surface area (Å²) in [6, 6.07) is 5.91. The Balaban J connectivity index is 2.61. The molecule has 0 bridgehead atoms. The molecule has 0 spiro atoms. The van der Waals surface area contributed by atoms with Gasteiger partial charge in [0, 0.05) is 13.1 Å². The van der Waals surface area contributed by atoms with Crippen LogP contribution in [0.3, 0.4) is 0 Å². The highest BCUT2D eigenvalue weighted by Crippen LogP contribution is 2.16. The van der Waals surface area contributed by atoms with Crippen LogP contribution in [0.4, 0.5) is 10.5 Å². The fourth-order valence-electron chi connectivity index (χ4n) is 2.18. The lowest BCUT2D eigenvalue weighted by Gasteiger charge is -2.28. The molecule has 0 fully saturated rings. The number of urea groups is 1. The number of carbonyl (C=O) groups is 2. The van der Waals surface area contributed by atoms with Crippen LogP contribution in [0.25, 0.3) is 0 Å². The van der Waals surface area contributed by atoms with Gasteiger partial charge in [-0.1, -0.05) is 26.0 Å². The first kappa shape index (κ1) is 17.0. The number of hydrogen-bond donors (Lipinski definition) is 3. The van der Waals surface area contributed by atoms with Crippen molar-refractivity contribution in [2.45, 2.75) is 13.8 Å². The smallest absolute Gasteiger partial charge is 0.337 e. The molecule has 0 aromatic heterocycles. The molecule has 2 amide bonds. The third-order valence-electron chi connectivity index (χ3n) is 2.88. The maximum absolute atomic E-state index is 11.9. The van der Waals surface area contributed by atoms with Crippen LogP contribution in [0.1, 0.15) is 24.2 Å². The van der Waals surface area contributed by atoms with E-state index in [1.54, 1.807) is 18.2 Å². The van der Waals surface area contributed by atoms with Gasteiger partial charge in [0.2, 0.25) is 0 Å². The largest absolute Gasteiger partial charge is 0.478 e. The molecule has 1 aromatic rings. The molecule has 0 heterocycles. The van der Waals surface area contributed by atoms with Gasteiger partial charge in [-0.2, -0.15) is 0 Å². The summed E-state index contributed by atoms with van der Waals surface area (Å²) in [4.78, 5) is 25.0. The van der Waals surface area contributed by atoms with Crippen LogP contribution in [0, 0.1) is 5.41 Å². The quantitative estimate of drug-likeness (QED) is 0.750. The molecular weight excluding hydrogens is 270 g/mol. The van der Waals surface area contributed by atoms with Crippen LogP contribution < -0.4 is 10.6 Å². The molecule has 0 aliphatic rings. The van der Waals surface area contributed by atoms with Gasteiger partial charge < -0.3 is 20.6 Å². The lowest BCUT2D eigenvalue weighted by molar-refractivity contribution is 0.0698. The van der Waals surface area contributed by atoms with Crippen molar-refractivity contribution in [2.75, 3.05) is 32.5 Å². The van der Waals surface area contributed by atoms with Crippen LogP contribution >= 0.6 is 0 Å². The molecule has 0 saturated heterocycles. The van der Waals surface area contributed by atoms with E-state index in [0.29, 0.717) is 6.54 Å². The standard InChI is InChI=1S/C15H23N3O3/c1-15(2,10-18(3)4)9-16-14(21)17-12-8-6-5-7-11(12)13(19)20/h5-8H,9-10H2,1-4H3,(H,19,20)(H2,16,17,21). The fraction of sp³-hybridized carbons (Fsp3) is 0.467. The summed E-state index contributed by atoms with van der Waals surface area (Å²) in [6.07, 6.45) is 0. The highest BCUT2D eigenvalue weighted by atomic mass is 16.4. The van der Waals surface area contributed by atoms with Gasteiger partial charge in [0.15, 0.2) is 0 Å². The fourth-order valence-corrected chi connectivity index (χ4v) is 2.18. The normalized spacial score (nSPS) is 11.3. The highest BCUT2D eigenvalue weighted by Gasteiger charge is 2.20. The third-order valence-corrected chi connectivity index (χ3v) is 2.88. The van der Waals surface area contributed by atoms with Gasteiger partial charge in [0.25, 0.3) is 0 Å². The van der Waals surface area contributed by atoms with E-state index in [1.807, 2.05) is 14.1 Å². The molecule has 6 nitrogen and oxygen atoms in total. The second-order valence-corrected chi connectivity index (χ2v) is 6.06. The van der Waals surface area contributed by atoms with E-state index in [9.17, 15) is 9.59 Å². The van der Waals surface area contributed by atoms with Gasteiger partial charge in [-0.05, 0) is 31.6 Å². The Labute approximate surface area is 125 Å². The van der Waals surface area contributed by atoms with Gasteiger partial charge >= 0.3 is 12.0 Å². The number of benzene rings is 1. The van der Waals surface area contributed by atoms with Crippen molar-refractivity contribution in [1.29, 1.82) is 0 Å². The average Bonchev–Trinajstić information content (AvgIpc) is 2.35. The molecule has 0 aliphatic heterocycles. The van der Waals surface area contributed by atoms with Gasteiger partial charge in [0.1, 0.15) is 0 Å². The second-order valence-electron chi connectivity index (χ2n) is 6.06. The Morgan fingerprint density at radius 2 is 1.86 bits per heavy atom. The van der Waals surface area contributed by atoms with E-state index in [4.69, 9.17) is 5.11 Å². The lowest BCUT2D eigenvalue weighted by Crippen LogP contribution is -2.41. The van der Waals surface area contributed by atoms with Crippen molar-refractivity contribution in [3.05, 3.63) is 29.8 Å². The average molecular weight is 293 g/mol. The third kappa shape index (κ3) is 5.83. The minimum atomic E-state index is -1.07. The van der Waals surface area contributed by atoms with E-state index in [-0.39, 0.29) is 16.7 Å². The Morgan fingerprint density at radius 1 is 1.24 bits per heavy atom. The summed E-state index contributed by atoms with van der Waals surface area (Å²) in [5.41, 5.74) is 0.279. The van der Waals surface area contributed by atoms with E-state index >= 15 is 0 Å². The summed E-state index contributed by atoms with van der Waals surface area (Å²) in [5.74, 6) is -1.07. The minimum Gasteiger partial charge on any atom is -0.478 e.